The lowest BCUT2D eigenvalue weighted by atomic mass is 9.80. The number of fused-ring (bicyclic) bond motifs is 1. The summed E-state index contributed by atoms with van der Waals surface area (Å²) >= 11 is 0. The molecule has 3 aromatic heterocycles. The van der Waals surface area contributed by atoms with E-state index in [1.165, 1.54) is 19.3 Å². The number of anilines is 3. The maximum atomic E-state index is 5.71. The first-order valence-electron chi connectivity index (χ1n) is 10.2. The molecule has 3 aromatic rings. The van der Waals surface area contributed by atoms with E-state index in [4.69, 9.17) is 9.72 Å². The van der Waals surface area contributed by atoms with Crippen LogP contribution in [0, 0.1) is 5.92 Å². The van der Waals surface area contributed by atoms with Crippen molar-refractivity contribution in [2.45, 2.75) is 24.8 Å². The first-order chi connectivity index (χ1) is 14.3. The Balaban J connectivity index is 1.21. The maximum Gasteiger partial charge on any atom is 0.213 e. The molecule has 2 aliphatic heterocycles. The predicted octanol–water partition coefficient (Wildman–Crippen LogP) is 2.50. The predicted molar refractivity (Wildman–Crippen MR) is 111 cm³/mol. The van der Waals surface area contributed by atoms with Crippen LogP contribution in [0.25, 0.3) is 11.0 Å². The lowest BCUT2D eigenvalue weighted by Crippen LogP contribution is -2.76. The number of hydrogen-bond donors (Lipinski definition) is 2. The van der Waals surface area contributed by atoms with E-state index in [0.29, 0.717) is 23.2 Å². The first kappa shape index (κ1) is 16.9. The molecule has 1 aliphatic carbocycles. The summed E-state index contributed by atoms with van der Waals surface area (Å²) in [5.74, 6) is 3.02. The van der Waals surface area contributed by atoms with E-state index in [-0.39, 0.29) is 0 Å². The summed E-state index contributed by atoms with van der Waals surface area (Å²) in [7, 11) is 0. The van der Waals surface area contributed by atoms with Crippen LogP contribution in [-0.4, -0.2) is 51.7 Å². The standard InChI is InChI=1S/C21H23N7O/c1-2-14(1)10-29-18-6-3-15(9-22-18)26-20-19-16(23-13-24-20)4-5-17(27-19)28-11-21(12-28)7-8-25-21/h3-6,9,13-14,25H,1-2,7-8,10-12H2,(H,23,24,26). The monoisotopic (exact) mass is 389 g/mol. The summed E-state index contributed by atoms with van der Waals surface area (Å²) in [4.78, 5) is 20.3. The Labute approximate surface area is 168 Å². The summed E-state index contributed by atoms with van der Waals surface area (Å²) < 4.78 is 5.71. The minimum atomic E-state index is 0.319. The number of rotatable bonds is 6. The zero-order chi connectivity index (χ0) is 19.3. The summed E-state index contributed by atoms with van der Waals surface area (Å²) in [5.41, 5.74) is 2.75. The molecule has 0 amide bonds. The highest BCUT2D eigenvalue weighted by molar-refractivity contribution is 5.88. The Bertz CT molecular complexity index is 1040. The molecule has 29 heavy (non-hydrogen) atoms. The molecule has 148 valence electrons. The maximum absolute atomic E-state index is 5.71. The van der Waals surface area contributed by atoms with E-state index in [1.54, 1.807) is 12.5 Å². The zero-order valence-corrected chi connectivity index (χ0v) is 16.1. The van der Waals surface area contributed by atoms with Crippen LogP contribution in [0.1, 0.15) is 19.3 Å². The topological polar surface area (TPSA) is 88.1 Å². The zero-order valence-electron chi connectivity index (χ0n) is 16.1. The van der Waals surface area contributed by atoms with Crippen molar-refractivity contribution in [1.82, 2.24) is 25.3 Å². The third kappa shape index (κ3) is 3.23. The van der Waals surface area contributed by atoms with Gasteiger partial charge in [-0.05, 0) is 49.9 Å². The molecular weight excluding hydrogens is 366 g/mol. The van der Waals surface area contributed by atoms with Crippen molar-refractivity contribution in [2.24, 2.45) is 5.92 Å². The van der Waals surface area contributed by atoms with Gasteiger partial charge in [-0.1, -0.05) is 0 Å². The Morgan fingerprint density at radius 2 is 2.03 bits per heavy atom. The second-order valence-electron chi connectivity index (χ2n) is 8.34. The Kier molecular flexibility index (Phi) is 3.80. The molecule has 3 aliphatic rings. The molecule has 2 N–H and O–H groups in total. The molecule has 0 unspecified atom stereocenters. The van der Waals surface area contributed by atoms with E-state index < -0.39 is 0 Å². The van der Waals surface area contributed by atoms with Crippen LogP contribution in [0.2, 0.25) is 0 Å². The van der Waals surface area contributed by atoms with Crippen LogP contribution in [0.4, 0.5) is 17.3 Å². The third-order valence-electron chi connectivity index (χ3n) is 6.04. The van der Waals surface area contributed by atoms with E-state index >= 15 is 0 Å². The fraction of sp³-hybridized carbons (Fsp3) is 0.429. The summed E-state index contributed by atoms with van der Waals surface area (Å²) in [6.07, 6.45) is 7.11. The Hall–Kier alpha value is -3.00. The van der Waals surface area contributed by atoms with Gasteiger partial charge in [-0.3, -0.25) is 0 Å². The first-order valence-corrected chi connectivity index (χ1v) is 10.2. The molecule has 6 rings (SSSR count). The molecule has 5 heterocycles. The summed E-state index contributed by atoms with van der Waals surface area (Å²) in [6, 6.07) is 7.89. The normalized spacial score (nSPS) is 19.7. The SMILES string of the molecule is c1nc(Nc2ccc(OCC3CC3)nc2)c2nc(N3CC4(CCN4)C3)ccc2n1. The fourth-order valence-corrected chi connectivity index (χ4v) is 3.96. The number of ether oxygens (including phenoxy) is 1. The number of aromatic nitrogens is 4. The largest absolute Gasteiger partial charge is 0.477 e. The molecule has 1 spiro atoms. The quantitative estimate of drug-likeness (QED) is 0.665. The van der Waals surface area contributed by atoms with E-state index in [0.717, 1.165) is 48.8 Å². The number of hydrogen-bond acceptors (Lipinski definition) is 8. The molecule has 1 saturated carbocycles. The smallest absolute Gasteiger partial charge is 0.213 e. The molecule has 2 saturated heterocycles. The number of pyridine rings is 2. The van der Waals surface area contributed by atoms with Gasteiger partial charge in [0.25, 0.3) is 0 Å². The second-order valence-corrected chi connectivity index (χ2v) is 8.34. The number of nitrogens with zero attached hydrogens (tertiary/aromatic N) is 5. The minimum absolute atomic E-state index is 0.319. The van der Waals surface area contributed by atoms with Gasteiger partial charge in [-0.2, -0.15) is 0 Å². The van der Waals surface area contributed by atoms with Crippen molar-refractivity contribution in [3.8, 4) is 5.88 Å². The molecular formula is C21H23N7O. The van der Waals surface area contributed by atoms with Gasteiger partial charge >= 0.3 is 0 Å². The molecule has 3 fully saturated rings. The van der Waals surface area contributed by atoms with Crippen molar-refractivity contribution in [2.75, 3.05) is 36.5 Å². The van der Waals surface area contributed by atoms with Crippen molar-refractivity contribution in [3.63, 3.8) is 0 Å². The highest BCUT2D eigenvalue weighted by Crippen LogP contribution is 2.34. The second kappa shape index (κ2) is 6.52. The lowest BCUT2D eigenvalue weighted by Gasteiger charge is -2.56. The molecule has 0 radical (unpaired) electrons. The van der Waals surface area contributed by atoms with Crippen molar-refractivity contribution in [1.29, 1.82) is 0 Å². The van der Waals surface area contributed by atoms with Crippen LogP contribution in [0.5, 0.6) is 5.88 Å². The number of nitrogens with one attached hydrogen (secondary N) is 2. The summed E-state index contributed by atoms with van der Waals surface area (Å²) in [5, 5.41) is 6.87. The van der Waals surface area contributed by atoms with Crippen molar-refractivity contribution >= 4 is 28.4 Å². The van der Waals surface area contributed by atoms with E-state index in [9.17, 15) is 0 Å². The lowest BCUT2D eigenvalue weighted by molar-refractivity contribution is 0.159. The van der Waals surface area contributed by atoms with Crippen molar-refractivity contribution in [3.05, 3.63) is 36.8 Å². The molecule has 0 aromatic carbocycles. The average Bonchev–Trinajstić information content (AvgIpc) is 3.50. The van der Waals surface area contributed by atoms with Crippen LogP contribution >= 0.6 is 0 Å². The minimum Gasteiger partial charge on any atom is -0.477 e. The molecule has 8 heteroatoms. The molecule has 8 nitrogen and oxygen atoms in total. The van der Waals surface area contributed by atoms with Crippen LogP contribution < -0.4 is 20.3 Å². The van der Waals surface area contributed by atoms with Gasteiger partial charge < -0.3 is 20.3 Å². The van der Waals surface area contributed by atoms with Gasteiger partial charge in [-0.25, -0.2) is 19.9 Å². The van der Waals surface area contributed by atoms with Gasteiger partial charge in [0.15, 0.2) is 5.82 Å². The molecule has 0 atom stereocenters. The van der Waals surface area contributed by atoms with Crippen LogP contribution in [0.3, 0.4) is 0 Å². The van der Waals surface area contributed by atoms with Gasteiger partial charge in [0.1, 0.15) is 17.7 Å². The van der Waals surface area contributed by atoms with Gasteiger partial charge in [-0.15, -0.1) is 0 Å². The Morgan fingerprint density at radius 3 is 2.76 bits per heavy atom. The van der Waals surface area contributed by atoms with Gasteiger partial charge in [0, 0.05) is 19.2 Å². The highest BCUT2D eigenvalue weighted by Gasteiger charge is 2.47. The Morgan fingerprint density at radius 1 is 1.14 bits per heavy atom. The average molecular weight is 389 g/mol. The fourth-order valence-electron chi connectivity index (χ4n) is 3.96. The van der Waals surface area contributed by atoms with Crippen LogP contribution in [-0.2, 0) is 0 Å². The van der Waals surface area contributed by atoms with E-state index in [2.05, 4.69) is 30.5 Å². The summed E-state index contributed by atoms with van der Waals surface area (Å²) in [6.45, 7) is 3.90. The van der Waals surface area contributed by atoms with Gasteiger partial charge in [0.05, 0.1) is 29.5 Å². The highest BCUT2D eigenvalue weighted by atomic mass is 16.5. The molecule has 0 bridgehead atoms. The third-order valence-corrected chi connectivity index (χ3v) is 6.04. The van der Waals surface area contributed by atoms with Crippen molar-refractivity contribution < 1.29 is 4.74 Å². The van der Waals surface area contributed by atoms with Crippen LogP contribution in [0.15, 0.2) is 36.8 Å². The van der Waals surface area contributed by atoms with Gasteiger partial charge in [0.2, 0.25) is 5.88 Å². The van der Waals surface area contributed by atoms with E-state index in [1.807, 2.05) is 24.3 Å².